The van der Waals surface area contributed by atoms with Gasteiger partial charge in [0.15, 0.2) is 11.8 Å². The van der Waals surface area contributed by atoms with E-state index in [-0.39, 0.29) is 30.5 Å². The van der Waals surface area contributed by atoms with Crippen LogP contribution in [0.2, 0.25) is 0 Å². The molecule has 102 valence electrons. The number of benzene rings is 1. The number of aliphatic imine (C=N–C) groups is 1. The Morgan fingerprint density at radius 1 is 1.42 bits per heavy atom. The summed E-state index contributed by atoms with van der Waals surface area (Å²) >= 11 is 0. The minimum atomic E-state index is 0. The van der Waals surface area contributed by atoms with E-state index >= 15 is 0 Å². The maximum Gasteiger partial charge on any atom is 0.248 e. The molecule has 2 rings (SSSR count). The lowest BCUT2D eigenvalue weighted by Gasteiger charge is -2.05. The van der Waals surface area contributed by atoms with Crippen molar-refractivity contribution in [1.82, 2.24) is 10.1 Å². The molecule has 0 saturated carbocycles. The molecule has 0 fully saturated rings. The molecular formula is C12H16IN5O. The number of aromatic nitrogens is 2. The number of rotatable bonds is 3. The van der Waals surface area contributed by atoms with Crippen molar-refractivity contribution < 1.29 is 4.52 Å². The molecule has 0 amide bonds. The first-order valence-corrected chi connectivity index (χ1v) is 5.56. The number of halogens is 1. The second-order valence-corrected chi connectivity index (χ2v) is 3.93. The van der Waals surface area contributed by atoms with Gasteiger partial charge in [-0.15, -0.1) is 24.0 Å². The minimum Gasteiger partial charge on any atom is -0.370 e. The van der Waals surface area contributed by atoms with E-state index in [4.69, 9.17) is 10.3 Å². The standard InChI is InChI=1S/C12H15N5O.HI/c1-8-4-3-5-10(6-8)16-12(13)14-7-11-15-9(2)17-18-11;/h3-6H,7H2,1-2H3,(H3,13,14,16);1H. The highest BCUT2D eigenvalue weighted by Crippen LogP contribution is 2.09. The quantitative estimate of drug-likeness (QED) is 0.489. The van der Waals surface area contributed by atoms with E-state index in [1.54, 1.807) is 6.92 Å². The lowest BCUT2D eigenvalue weighted by atomic mass is 10.2. The second kappa shape index (κ2) is 7.07. The van der Waals surface area contributed by atoms with Gasteiger partial charge in [-0.1, -0.05) is 17.3 Å². The maximum atomic E-state index is 5.76. The van der Waals surface area contributed by atoms with E-state index in [1.807, 2.05) is 31.2 Å². The third kappa shape index (κ3) is 4.86. The van der Waals surface area contributed by atoms with E-state index in [1.165, 1.54) is 0 Å². The van der Waals surface area contributed by atoms with Crippen molar-refractivity contribution in [1.29, 1.82) is 0 Å². The molecule has 0 saturated heterocycles. The van der Waals surface area contributed by atoms with Crippen LogP contribution in [0.5, 0.6) is 0 Å². The van der Waals surface area contributed by atoms with Crippen LogP contribution in [-0.4, -0.2) is 16.1 Å². The molecule has 0 aliphatic rings. The number of aryl methyl sites for hydroxylation is 2. The van der Waals surface area contributed by atoms with Gasteiger partial charge < -0.3 is 15.6 Å². The van der Waals surface area contributed by atoms with Crippen LogP contribution in [0.4, 0.5) is 5.69 Å². The first kappa shape index (κ1) is 15.4. The van der Waals surface area contributed by atoms with Crippen LogP contribution < -0.4 is 11.1 Å². The van der Waals surface area contributed by atoms with Crippen molar-refractivity contribution in [2.24, 2.45) is 10.7 Å². The van der Waals surface area contributed by atoms with Crippen molar-refractivity contribution in [2.45, 2.75) is 20.4 Å². The molecule has 19 heavy (non-hydrogen) atoms. The molecule has 7 heteroatoms. The molecule has 0 atom stereocenters. The van der Waals surface area contributed by atoms with Gasteiger partial charge in [0.1, 0.15) is 6.54 Å². The van der Waals surface area contributed by atoms with Gasteiger partial charge >= 0.3 is 0 Å². The molecule has 1 heterocycles. The second-order valence-electron chi connectivity index (χ2n) is 3.93. The highest BCUT2D eigenvalue weighted by Gasteiger charge is 2.01. The molecule has 0 unspecified atom stereocenters. The summed E-state index contributed by atoms with van der Waals surface area (Å²) in [5.74, 6) is 1.35. The Balaban J connectivity index is 0.00000180. The van der Waals surface area contributed by atoms with Gasteiger partial charge in [0.25, 0.3) is 0 Å². The molecule has 1 aromatic heterocycles. The van der Waals surface area contributed by atoms with Crippen LogP contribution >= 0.6 is 24.0 Å². The SMILES string of the molecule is Cc1cccc(NC(N)=NCc2nc(C)no2)c1.I. The van der Waals surface area contributed by atoms with Crippen LogP contribution in [0.15, 0.2) is 33.8 Å². The van der Waals surface area contributed by atoms with Gasteiger partial charge in [0.2, 0.25) is 5.89 Å². The Morgan fingerprint density at radius 2 is 2.21 bits per heavy atom. The Labute approximate surface area is 128 Å². The van der Waals surface area contributed by atoms with Gasteiger partial charge in [-0.05, 0) is 31.5 Å². The summed E-state index contributed by atoms with van der Waals surface area (Å²) < 4.78 is 4.93. The lowest BCUT2D eigenvalue weighted by Crippen LogP contribution is -2.22. The number of nitrogens with one attached hydrogen (secondary N) is 1. The van der Waals surface area contributed by atoms with Crippen molar-refractivity contribution in [3.05, 3.63) is 41.5 Å². The van der Waals surface area contributed by atoms with Gasteiger partial charge in [0, 0.05) is 5.69 Å². The van der Waals surface area contributed by atoms with Crippen LogP contribution in [-0.2, 0) is 6.54 Å². The summed E-state index contributed by atoms with van der Waals surface area (Å²) in [5, 5.41) is 6.67. The molecule has 0 aliphatic heterocycles. The van der Waals surface area contributed by atoms with Gasteiger partial charge in [-0.2, -0.15) is 4.98 Å². The summed E-state index contributed by atoms with van der Waals surface area (Å²) in [6.45, 7) is 4.04. The van der Waals surface area contributed by atoms with Crippen molar-refractivity contribution in [2.75, 3.05) is 5.32 Å². The molecule has 2 aromatic rings. The molecule has 0 radical (unpaired) electrons. The van der Waals surface area contributed by atoms with E-state index in [2.05, 4.69) is 20.4 Å². The Hall–Kier alpha value is -1.64. The number of hydrogen-bond donors (Lipinski definition) is 2. The first-order chi connectivity index (χ1) is 8.63. The molecular weight excluding hydrogens is 357 g/mol. The fraction of sp³-hybridized carbons (Fsp3) is 0.250. The van der Waals surface area contributed by atoms with E-state index in [0.717, 1.165) is 11.3 Å². The highest BCUT2D eigenvalue weighted by atomic mass is 127. The van der Waals surface area contributed by atoms with E-state index in [0.29, 0.717) is 17.7 Å². The van der Waals surface area contributed by atoms with Crippen molar-refractivity contribution >= 4 is 35.6 Å². The monoisotopic (exact) mass is 373 g/mol. The van der Waals surface area contributed by atoms with Crippen LogP contribution in [0.3, 0.4) is 0 Å². The van der Waals surface area contributed by atoms with E-state index < -0.39 is 0 Å². The normalized spacial score (nSPS) is 10.9. The van der Waals surface area contributed by atoms with Crippen LogP contribution in [0.25, 0.3) is 0 Å². The predicted octanol–water partition coefficient (Wildman–Crippen LogP) is 2.23. The number of guanidine groups is 1. The summed E-state index contributed by atoms with van der Waals surface area (Å²) in [5.41, 5.74) is 7.81. The highest BCUT2D eigenvalue weighted by molar-refractivity contribution is 14.0. The zero-order chi connectivity index (χ0) is 13.0. The number of nitrogens with zero attached hydrogens (tertiary/aromatic N) is 3. The molecule has 6 nitrogen and oxygen atoms in total. The Bertz CT molecular complexity index is 567. The van der Waals surface area contributed by atoms with Gasteiger partial charge in [0.05, 0.1) is 0 Å². The number of hydrogen-bond acceptors (Lipinski definition) is 4. The third-order valence-electron chi connectivity index (χ3n) is 2.24. The fourth-order valence-electron chi connectivity index (χ4n) is 1.47. The van der Waals surface area contributed by atoms with Gasteiger partial charge in [-0.25, -0.2) is 4.99 Å². The Kier molecular flexibility index (Phi) is 5.74. The zero-order valence-corrected chi connectivity index (χ0v) is 13.1. The topological polar surface area (TPSA) is 89.3 Å². The smallest absolute Gasteiger partial charge is 0.248 e. The number of nitrogens with two attached hydrogens (primary N) is 1. The largest absolute Gasteiger partial charge is 0.370 e. The van der Waals surface area contributed by atoms with Crippen molar-refractivity contribution in [3.63, 3.8) is 0 Å². The van der Waals surface area contributed by atoms with Crippen molar-refractivity contribution in [3.8, 4) is 0 Å². The minimum absolute atomic E-state index is 0. The molecule has 0 aliphatic carbocycles. The van der Waals surface area contributed by atoms with E-state index in [9.17, 15) is 0 Å². The molecule has 1 aromatic carbocycles. The molecule has 3 N–H and O–H groups in total. The maximum absolute atomic E-state index is 5.76. The average molecular weight is 373 g/mol. The summed E-state index contributed by atoms with van der Waals surface area (Å²) in [7, 11) is 0. The third-order valence-corrected chi connectivity index (χ3v) is 2.24. The zero-order valence-electron chi connectivity index (χ0n) is 10.8. The number of anilines is 1. The van der Waals surface area contributed by atoms with Crippen LogP contribution in [0, 0.1) is 13.8 Å². The van der Waals surface area contributed by atoms with Gasteiger partial charge in [-0.3, -0.25) is 0 Å². The first-order valence-electron chi connectivity index (χ1n) is 5.56. The molecule has 0 spiro atoms. The molecule has 0 bridgehead atoms. The summed E-state index contributed by atoms with van der Waals surface area (Å²) in [4.78, 5) is 8.16. The van der Waals surface area contributed by atoms with Crippen LogP contribution in [0.1, 0.15) is 17.3 Å². The summed E-state index contributed by atoms with van der Waals surface area (Å²) in [6, 6.07) is 7.87. The predicted molar refractivity (Wildman–Crippen MR) is 84.6 cm³/mol. The lowest BCUT2D eigenvalue weighted by molar-refractivity contribution is 0.376. The Morgan fingerprint density at radius 3 is 2.84 bits per heavy atom. The fourth-order valence-corrected chi connectivity index (χ4v) is 1.47. The summed E-state index contributed by atoms with van der Waals surface area (Å²) in [6.07, 6.45) is 0. The average Bonchev–Trinajstić information content (AvgIpc) is 2.73.